The van der Waals surface area contributed by atoms with Crippen LogP contribution >= 0.6 is 0 Å². The number of ether oxygens (including phenoxy) is 3. The van der Waals surface area contributed by atoms with Crippen molar-refractivity contribution in [3.8, 4) is 11.6 Å². The van der Waals surface area contributed by atoms with Crippen LogP contribution in [0.15, 0.2) is 24.4 Å². The maximum atomic E-state index is 12.5. The molecule has 160 valence electrons. The van der Waals surface area contributed by atoms with Gasteiger partial charge < -0.3 is 30.4 Å². The lowest BCUT2D eigenvalue weighted by Crippen LogP contribution is -2.46. The lowest BCUT2D eigenvalue weighted by Gasteiger charge is -2.35. The number of aromatic nitrogens is 1. The number of methoxy groups -OCH3 is 1. The highest BCUT2D eigenvalue weighted by Crippen LogP contribution is 2.36. The van der Waals surface area contributed by atoms with E-state index in [0.29, 0.717) is 49.5 Å². The van der Waals surface area contributed by atoms with Gasteiger partial charge >= 0.3 is 0 Å². The average molecular weight is 415 g/mol. The third-order valence-electron chi connectivity index (χ3n) is 5.92. The molecular weight excluding hydrogens is 390 g/mol. The Labute approximate surface area is 173 Å². The van der Waals surface area contributed by atoms with E-state index in [-0.39, 0.29) is 24.1 Å². The standard InChI is InChI=1S/C21H25N3O6/c1-28-17-10-14-12(8-15(17)18(22)25)2-5-23-20(14)30-11-13-9-16(19(26)24-13)21(27)3-6-29-7-4-21/h2,5,8,10,13,16,27H,3-4,6-7,9,11H2,1H3,(H2,22,25)(H,24,26)/t13-,16+/m0/s1. The highest BCUT2D eigenvalue weighted by Gasteiger charge is 2.47. The van der Waals surface area contributed by atoms with Crippen molar-refractivity contribution in [2.75, 3.05) is 26.9 Å². The summed E-state index contributed by atoms with van der Waals surface area (Å²) in [5.74, 6) is -0.521. The molecule has 2 saturated heterocycles. The maximum absolute atomic E-state index is 12.5. The van der Waals surface area contributed by atoms with Crippen LogP contribution in [-0.2, 0) is 9.53 Å². The second-order valence-electron chi connectivity index (χ2n) is 7.77. The SMILES string of the molecule is COc1cc2c(OC[C@@H]3C[C@@H](C4(O)CCOCC4)C(=O)N3)nccc2cc1C(N)=O. The zero-order valence-electron chi connectivity index (χ0n) is 16.7. The number of rotatable bonds is 6. The molecule has 2 fully saturated rings. The van der Waals surface area contributed by atoms with Crippen molar-refractivity contribution in [2.24, 2.45) is 11.7 Å². The molecule has 0 spiro atoms. The van der Waals surface area contributed by atoms with Crippen LogP contribution < -0.4 is 20.5 Å². The first-order chi connectivity index (χ1) is 14.4. The lowest BCUT2D eigenvalue weighted by molar-refractivity contribution is -0.139. The number of fused-ring (bicyclic) bond motifs is 1. The number of carbonyl (C=O) groups excluding carboxylic acids is 2. The van der Waals surface area contributed by atoms with Crippen molar-refractivity contribution < 1.29 is 28.9 Å². The Morgan fingerprint density at radius 1 is 1.40 bits per heavy atom. The summed E-state index contributed by atoms with van der Waals surface area (Å²) in [6, 6.07) is 4.82. The topological polar surface area (TPSA) is 133 Å². The van der Waals surface area contributed by atoms with Gasteiger partial charge in [-0.05, 0) is 30.0 Å². The minimum atomic E-state index is -1.03. The van der Waals surface area contributed by atoms with Gasteiger partial charge in [-0.2, -0.15) is 0 Å². The number of carbonyl (C=O) groups is 2. The molecule has 0 saturated carbocycles. The van der Waals surface area contributed by atoms with E-state index < -0.39 is 17.4 Å². The number of benzene rings is 1. The summed E-state index contributed by atoms with van der Waals surface area (Å²) in [5.41, 5.74) is 4.67. The van der Waals surface area contributed by atoms with Crippen LogP contribution in [0, 0.1) is 5.92 Å². The third kappa shape index (κ3) is 3.78. The summed E-state index contributed by atoms with van der Waals surface area (Å²) >= 11 is 0. The van der Waals surface area contributed by atoms with Gasteiger partial charge in [-0.3, -0.25) is 9.59 Å². The predicted octanol–water partition coefficient (Wildman–Crippen LogP) is 0.767. The Morgan fingerprint density at radius 2 is 2.17 bits per heavy atom. The van der Waals surface area contributed by atoms with Crippen molar-refractivity contribution in [1.29, 1.82) is 0 Å². The van der Waals surface area contributed by atoms with Gasteiger partial charge in [0, 0.05) is 37.6 Å². The molecule has 2 atom stereocenters. The van der Waals surface area contributed by atoms with Crippen LogP contribution in [0.5, 0.6) is 11.6 Å². The van der Waals surface area contributed by atoms with Crippen molar-refractivity contribution in [3.05, 3.63) is 30.0 Å². The number of nitrogens with one attached hydrogen (secondary N) is 1. The fourth-order valence-corrected chi connectivity index (χ4v) is 4.23. The fourth-order valence-electron chi connectivity index (χ4n) is 4.23. The Hall–Kier alpha value is -2.91. The molecule has 0 aliphatic carbocycles. The number of aliphatic hydroxyl groups is 1. The molecule has 4 N–H and O–H groups in total. The first-order valence-corrected chi connectivity index (χ1v) is 9.91. The zero-order chi connectivity index (χ0) is 21.3. The molecule has 2 aromatic rings. The van der Waals surface area contributed by atoms with E-state index in [0.717, 1.165) is 5.39 Å². The molecule has 1 aromatic heterocycles. The third-order valence-corrected chi connectivity index (χ3v) is 5.92. The Bertz CT molecular complexity index is 973. The van der Waals surface area contributed by atoms with E-state index in [4.69, 9.17) is 19.9 Å². The second kappa shape index (κ2) is 8.08. The van der Waals surface area contributed by atoms with E-state index in [1.165, 1.54) is 7.11 Å². The molecule has 0 bridgehead atoms. The normalized spacial score (nSPS) is 23.2. The van der Waals surface area contributed by atoms with Crippen LogP contribution in [0.4, 0.5) is 0 Å². The highest BCUT2D eigenvalue weighted by molar-refractivity contribution is 6.01. The van der Waals surface area contributed by atoms with Crippen LogP contribution in [0.25, 0.3) is 10.8 Å². The number of nitrogens with two attached hydrogens (primary N) is 1. The number of pyridine rings is 1. The predicted molar refractivity (Wildman–Crippen MR) is 107 cm³/mol. The van der Waals surface area contributed by atoms with E-state index >= 15 is 0 Å². The molecule has 9 heteroatoms. The van der Waals surface area contributed by atoms with E-state index in [9.17, 15) is 14.7 Å². The molecule has 3 heterocycles. The summed E-state index contributed by atoms with van der Waals surface area (Å²) in [6.45, 7) is 1.12. The van der Waals surface area contributed by atoms with Gasteiger partial charge in [0.05, 0.1) is 30.2 Å². The first kappa shape index (κ1) is 20.4. The number of primary amides is 1. The van der Waals surface area contributed by atoms with Crippen LogP contribution in [0.2, 0.25) is 0 Å². The van der Waals surface area contributed by atoms with Gasteiger partial charge in [0.15, 0.2) is 0 Å². The molecule has 2 amide bonds. The van der Waals surface area contributed by atoms with Gasteiger partial charge in [-0.15, -0.1) is 0 Å². The number of nitrogens with zero attached hydrogens (tertiary/aromatic N) is 1. The zero-order valence-corrected chi connectivity index (χ0v) is 16.7. The van der Waals surface area contributed by atoms with Crippen molar-refractivity contribution in [1.82, 2.24) is 10.3 Å². The summed E-state index contributed by atoms with van der Waals surface area (Å²) < 4.78 is 16.5. The molecule has 30 heavy (non-hydrogen) atoms. The highest BCUT2D eigenvalue weighted by atomic mass is 16.5. The smallest absolute Gasteiger partial charge is 0.252 e. The average Bonchev–Trinajstić information content (AvgIpc) is 3.13. The van der Waals surface area contributed by atoms with Crippen molar-refractivity contribution >= 4 is 22.6 Å². The van der Waals surface area contributed by atoms with Crippen LogP contribution in [0.1, 0.15) is 29.6 Å². The molecule has 1 aromatic carbocycles. The lowest BCUT2D eigenvalue weighted by atomic mass is 9.79. The summed E-state index contributed by atoms with van der Waals surface area (Å²) in [7, 11) is 1.46. The monoisotopic (exact) mass is 415 g/mol. The van der Waals surface area contributed by atoms with Gasteiger partial charge in [-0.25, -0.2) is 4.98 Å². The Morgan fingerprint density at radius 3 is 2.87 bits per heavy atom. The van der Waals surface area contributed by atoms with Crippen molar-refractivity contribution in [3.63, 3.8) is 0 Å². The van der Waals surface area contributed by atoms with Crippen molar-refractivity contribution in [2.45, 2.75) is 30.9 Å². The molecule has 2 aliphatic rings. The largest absolute Gasteiger partial charge is 0.496 e. The molecule has 0 radical (unpaired) electrons. The molecule has 9 nitrogen and oxygen atoms in total. The molecular formula is C21H25N3O6. The van der Waals surface area contributed by atoms with E-state index in [1.807, 2.05) is 0 Å². The number of amides is 2. The number of hydrogen-bond acceptors (Lipinski definition) is 7. The quantitative estimate of drug-likeness (QED) is 0.634. The fraction of sp³-hybridized carbons (Fsp3) is 0.476. The van der Waals surface area contributed by atoms with Crippen LogP contribution in [0.3, 0.4) is 0 Å². The van der Waals surface area contributed by atoms with Gasteiger partial charge in [0.2, 0.25) is 11.8 Å². The van der Waals surface area contributed by atoms with E-state index in [1.54, 1.807) is 24.4 Å². The summed E-state index contributed by atoms with van der Waals surface area (Å²) in [5, 5.41) is 15.2. The summed E-state index contributed by atoms with van der Waals surface area (Å²) in [4.78, 5) is 28.4. The van der Waals surface area contributed by atoms with E-state index in [2.05, 4.69) is 10.3 Å². The molecule has 4 rings (SSSR count). The van der Waals surface area contributed by atoms with Gasteiger partial charge in [-0.1, -0.05) is 0 Å². The van der Waals surface area contributed by atoms with Gasteiger partial charge in [0.25, 0.3) is 5.91 Å². The Kier molecular flexibility index (Phi) is 5.48. The second-order valence-corrected chi connectivity index (χ2v) is 7.77. The van der Waals surface area contributed by atoms with Gasteiger partial charge in [0.1, 0.15) is 12.4 Å². The number of hydrogen-bond donors (Lipinski definition) is 3. The minimum absolute atomic E-state index is 0.161. The first-order valence-electron chi connectivity index (χ1n) is 9.91. The van der Waals surface area contributed by atoms with Crippen LogP contribution in [-0.4, -0.2) is 60.5 Å². The summed E-state index contributed by atoms with van der Waals surface area (Å²) in [6.07, 6.45) is 2.96. The minimum Gasteiger partial charge on any atom is -0.496 e. The Balaban J connectivity index is 1.50. The maximum Gasteiger partial charge on any atom is 0.252 e. The molecule has 2 aliphatic heterocycles. The molecule has 0 unspecified atom stereocenters.